The van der Waals surface area contributed by atoms with Crippen LogP contribution in [0.1, 0.15) is 10.4 Å². The van der Waals surface area contributed by atoms with Gasteiger partial charge in [0.25, 0.3) is 10.0 Å². The fourth-order valence-corrected chi connectivity index (χ4v) is 4.47. The van der Waals surface area contributed by atoms with Crippen molar-refractivity contribution in [1.29, 1.82) is 0 Å². The Labute approximate surface area is 118 Å². The molecule has 2 heterocycles. The van der Waals surface area contributed by atoms with Gasteiger partial charge in [-0.05, 0) is 29.6 Å². The summed E-state index contributed by atoms with van der Waals surface area (Å²) in [5.41, 5.74) is 0.445. The molecule has 0 aliphatic rings. The average Bonchev–Trinajstić information content (AvgIpc) is 3.07. The Bertz CT molecular complexity index is 892. The van der Waals surface area contributed by atoms with Gasteiger partial charge in [-0.3, -0.25) is 0 Å². The lowest BCUT2D eigenvalue weighted by molar-refractivity contribution is 0.0699. The first kappa shape index (κ1) is 12.9. The molecule has 0 saturated heterocycles. The zero-order valence-electron chi connectivity index (χ0n) is 10.1. The van der Waals surface area contributed by atoms with Crippen LogP contribution in [0.4, 0.5) is 0 Å². The number of carboxylic acids is 1. The van der Waals surface area contributed by atoms with E-state index >= 15 is 0 Å². The Morgan fingerprint density at radius 3 is 2.60 bits per heavy atom. The molecule has 0 unspecified atom stereocenters. The van der Waals surface area contributed by atoms with Crippen LogP contribution < -0.4 is 0 Å². The molecule has 0 bridgehead atoms. The van der Waals surface area contributed by atoms with Crippen molar-refractivity contribution in [3.8, 4) is 0 Å². The Morgan fingerprint density at radius 1 is 1.15 bits per heavy atom. The highest BCUT2D eigenvalue weighted by Gasteiger charge is 2.21. The smallest absolute Gasteiger partial charge is 0.336 e. The van der Waals surface area contributed by atoms with Crippen molar-refractivity contribution < 1.29 is 18.3 Å². The quantitative estimate of drug-likeness (QED) is 0.807. The Hall–Kier alpha value is -2.12. The number of rotatable bonds is 3. The predicted octanol–water partition coefficient (Wildman–Crippen LogP) is 2.64. The van der Waals surface area contributed by atoms with Gasteiger partial charge in [-0.15, -0.1) is 11.3 Å². The third-order valence-electron chi connectivity index (χ3n) is 2.94. The minimum absolute atomic E-state index is 0.0858. The van der Waals surface area contributed by atoms with Gasteiger partial charge >= 0.3 is 5.97 Å². The van der Waals surface area contributed by atoms with Crippen molar-refractivity contribution in [2.24, 2.45) is 0 Å². The molecule has 20 heavy (non-hydrogen) atoms. The molecule has 5 nitrogen and oxygen atoms in total. The van der Waals surface area contributed by atoms with E-state index in [-0.39, 0.29) is 9.77 Å². The molecule has 7 heteroatoms. The second kappa shape index (κ2) is 4.46. The highest BCUT2D eigenvalue weighted by atomic mass is 32.2. The van der Waals surface area contributed by atoms with Crippen molar-refractivity contribution >= 4 is 38.2 Å². The lowest BCUT2D eigenvalue weighted by atomic mass is 10.1. The van der Waals surface area contributed by atoms with Gasteiger partial charge in [0.2, 0.25) is 0 Å². The first-order valence-electron chi connectivity index (χ1n) is 5.64. The zero-order chi connectivity index (χ0) is 14.3. The summed E-state index contributed by atoms with van der Waals surface area (Å²) in [5.74, 6) is -1.08. The van der Waals surface area contributed by atoms with Crippen LogP contribution in [-0.4, -0.2) is 23.5 Å². The van der Waals surface area contributed by atoms with Crippen LogP contribution in [0.2, 0.25) is 0 Å². The highest BCUT2D eigenvalue weighted by molar-refractivity contribution is 7.92. The van der Waals surface area contributed by atoms with E-state index in [1.165, 1.54) is 30.5 Å². The standard InChI is InChI=1S/C13H9NO4S2/c15-13(16)10-3-1-4-11-9(10)6-7-14(11)20(17,18)12-5-2-8-19-12/h1-8H,(H,15,16). The number of carbonyl (C=O) groups is 1. The fraction of sp³-hybridized carbons (Fsp3) is 0. The molecule has 2 aromatic heterocycles. The summed E-state index contributed by atoms with van der Waals surface area (Å²) in [6, 6.07) is 9.26. The fourth-order valence-electron chi connectivity index (χ4n) is 2.05. The molecule has 3 rings (SSSR count). The molecule has 1 N–H and O–H groups in total. The molecule has 3 aromatic rings. The van der Waals surface area contributed by atoms with Crippen molar-refractivity contribution in [1.82, 2.24) is 3.97 Å². The van der Waals surface area contributed by atoms with Gasteiger partial charge in [0, 0.05) is 11.6 Å². The van der Waals surface area contributed by atoms with Gasteiger partial charge in [0.05, 0.1) is 11.1 Å². The van der Waals surface area contributed by atoms with Crippen LogP contribution in [0, 0.1) is 0 Å². The molecule has 0 radical (unpaired) electrons. The summed E-state index contributed by atoms with van der Waals surface area (Å²) < 4.78 is 26.3. The van der Waals surface area contributed by atoms with Gasteiger partial charge in [-0.1, -0.05) is 12.1 Å². The minimum Gasteiger partial charge on any atom is -0.478 e. The number of nitrogens with zero attached hydrogens (tertiary/aromatic N) is 1. The molecule has 0 fully saturated rings. The number of fused-ring (bicyclic) bond motifs is 1. The lowest BCUT2D eigenvalue weighted by Crippen LogP contribution is -2.10. The zero-order valence-corrected chi connectivity index (χ0v) is 11.7. The second-order valence-corrected chi connectivity index (χ2v) is 7.08. The summed E-state index contributed by atoms with van der Waals surface area (Å²) in [4.78, 5) is 11.1. The van der Waals surface area contributed by atoms with Crippen molar-refractivity contribution in [2.45, 2.75) is 4.21 Å². The number of benzene rings is 1. The first-order chi connectivity index (χ1) is 9.51. The summed E-state index contributed by atoms with van der Waals surface area (Å²) in [5, 5.41) is 11.2. The average molecular weight is 307 g/mol. The summed E-state index contributed by atoms with van der Waals surface area (Å²) >= 11 is 1.12. The first-order valence-corrected chi connectivity index (χ1v) is 7.96. The van der Waals surface area contributed by atoms with E-state index in [9.17, 15) is 13.2 Å². The van der Waals surface area contributed by atoms with Crippen LogP contribution in [0.15, 0.2) is 52.2 Å². The maximum absolute atomic E-state index is 12.5. The maximum atomic E-state index is 12.5. The third kappa shape index (κ3) is 1.83. The van der Waals surface area contributed by atoms with E-state index in [4.69, 9.17) is 5.11 Å². The monoisotopic (exact) mass is 307 g/mol. The third-order valence-corrected chi connectivity index (χ3v) is 6.00. The Kier molecular flexibility index (Phi) is 2.88. The van der Waals surface area contributed by atoms with Crippen molar-refractivity contribution in [3.63, 3.8) is 0 Å². The number of thiophene rings is 1. The number of aromatic carboxylic acids is 1. The molecule has 0 spiro atoms. The van der Waals surface area contributed by atoms with Crippen LogP contribution in [-0.2, 0) is 10.0 Å². The van der Waals surface area contributed by atoms with E-state index in [0.717, 1.165) is 15.3 Å². The van der Waals surface area contributed by atoms with E-state index < -0.39 is 16.0 Å². The lowest BCUT2D eigenvalue weighted by Gasteiger charge is -2.05. The normalized spacial score (nSPS) is 11.8. The van der Waals surface area contributed by atoms with Crippen LogP contribution in [0.5, 0.6) is 0 Å². The summed E-state index contributed by atoms with van der Waals surface area (Å²) in [6.45, 7) is 0. The van der Waals surface area contributed by atoms with E-state index in [1.807, 2.05) is 0 Å². The van der Waals surface area contributed by atoms with Crippen LogP contribution in [0.25, 0.3) is 10.9 Å². The topological polar surface area (TPSA) is 76.4 Å². The Balaban J connectivity index is 2.30. The van der Waals surface area contributed by atoms with E-state index in [2.05, 4.69) is 0 Å². The summed E-state index contributed by atoms with van der Waals surface area (Å²) in [6.07, 6.45) is 1.38. The second-order valence-electron chi connectivity index (χ2n) is 4.09. The summed E-state index contributed by atoms with van der Waals surface area (Å²) in [7, 11) is -3.68. The molecule has 102 valence electrons. The molecule has 1 aromatic carbocycles. The van der Waals surface area contributed by atoms with E-state index in [0.29, 0.717) is 10.9 Å². The molecule has 0 aliphatic carbocycles. The van der Waals surface area contributed by atoms with Gasteiger partial charge in [0.1, 0.15) is 4.21 Å². The van der Waals surface area contributed by atoms with Crippen LogP contribution >= 0.6 is 11.3 Å². The highest BCUT2D eigenvalue weighted by Crippen LogP contribution is 2.26. The van der Waals surface area contributed by atoms with E-state index in [1.54, 1.807) is 17.5 Å². The van der Waals surface area contributed by atoms with Gasteiger partial charge in [0.15, 0.2) is 0 Å². The van der Waals surface area contributed by atoms with Gasteiger partial charge < -0.3 is 5.11 Å². The maximum Gasteiger partial charge on any atom is 0.336 e. The molecular weight excluding hydrogens is 298 g/mol. The molecule has 0 amide bonds. The molecular formula is C13H9NO4S2. The van der Waals surface area contributed by atoms with Gasteiger partial charge in [-0.25, -0.2) is 8.77 Å². The largest absolute Gasteiger partial charge is 0.478 e. The molecule has 0 aliphatic heterocycles. The Morgan fingerprint density at radius 2 is 1.95 bits per heavy atom. The minimum atomic E-state index is -3.68. The van der Waals surface area contributed by atoms with Crippen molar-refractivity contribution in [2.75, 3.05) is 0 Å². The number of aromatic nitrogens is 1. The molecule has 0 atom stereocenters. The number of hydrogen-bond donors (Lipinski definition) is 1. The van der Waals surface area contributed by atoms with Crippen molar-refractivity contribution in [3.05, 3.63) is 53.5 Å². The number of carboxylic acid groups (broad SMARTS) is 1. The van der Waals surface area contributed by atoms with Gasteiger partial charge in [-0.2, -0.15) is 8.42 Å². The van der Waals surface area contributed by atoms with Crippen LogP contribution in [0.3, 0.4) is 0 Å². The SMILES string of the molecule is O=C(O)c1cccc2c1ccn2S(=O)(=O)c1cccs1. The molecule has 0 saturated carbocycles. The predicted molar refractivity (Wildman–Crippen MR) is 75.8 cm³/mol. The number of hydrogen-bond acceptors (Lipinski definition) is 4.